The molecule has 2 unspecified atom stereocenters. The summed E-state index contributed by atoms with van der Waals surface area (Å²) >= 11 is 0. The molecule has 7 nitrogen and oxygen atoms in total. The van der Waals surface area contributed by atoms with E-state index >= 15 is 0 Å². The highest BCUT2D eigenvalue weighted by Gasteiger charge is 2.33. The predicted octanol–water partition coefficient (Wildman–Crippen LogP) is -0.554. The van der Waals surface area contributed by atoms with E-state index in [9.17, 15) is 4.79 Å². The third-order valence-corrected chi connectivity index (χ3v) is 3.14. The fourth-order valence-corrected chi connectivity index (χ4v) is 2.11. The summed E-state index contributed by atoms with van der Waals surface area (Å²) in [4.78, 5) is 16.2. The lowest BCUT2D eigenvalue weighted by atomic mass is 10.0. The van der Waals surface area contributed by atoms with Gasteiger partial charge in [0, 0.05) is 13.1 Å². The lowest BCUT2D eigenvalue weighted by molar-refractivity contribution is -0.125. The topological polar surface area (TPSA) is 81.1 Å². The normalized spacial score (nSPS) is 22.6. The molecule has 2 N–H and O–H groups in total. The number of hydrogen-bond acceptors (Lipinski definition) is 5. The average Bonchev–Trinajstić information content (AvgIpc) is 3.02. The van der Waals surface area contributed by atoms with Crippen LogP contribution in [0.2, 0.25) is 0 Å². The van der Waals surface area contributed by atoms with Crippen LogP contribution in [0.3, 0.4) is 0 Å². The Labute approximate surface area is 112 Å². The number of hydrogen-bond donors (Lipinski definition) is 2. The van der Waals surface area contributed by atoms with E-state index in [0.717, 1.165) is 13.0 Å². The summed E-state index contributed by atoms with van der Waals surface area (Å²) in [6.07, 6.45) is 2.66. The zero-order valence-electron chi connectivity index (χ0n) is 11.4. The third-order valence-electron chi connectivity index (χ3n) is 3.14. The van der Waals surface area contributed by atoms with E-state index < -0.39 is 0 Å². The molecular weight excluding hydrogens is 246 g/mol. The first-order valence-corrected chi connectivity index (χ1v) is 6.64. The number of nitrogens with zero attached hydrogens (tertiary/aromatic N) is 3. The molecule has 106 valence electrons. The highest BCUT2D eigenvalue weighted by atomic mass is 16.5. The van der Waals surface area contributed by atoms with Crippen molar-refractivity contribution >= 4 is 5.91 Å². The lowest BCUT2D eigenvalue weighted by Gasteiger charge is -2.17. The summed E-state index contributed by atoms with van der Waals surface area (Å²) in [5.41, 5.74) is 0. The molecule has 0 radical (unpaired) electrons. The molecule has 0 aliphatic carbocycles. The molecule has 0 spiro atoms. The van der Waals surface area contributed by atoms with Gasteiger partial charge in [-0.25, -0.2) is 4.98 Å². The van der Waals surface area contributed by atoms with Crippen molar-refractivity contribution in [3.63, 3.8) is 0 Å². The zero-order valence-corrected chi connectivity index (χ0v) is 11.4. The molecule has 0 aromatic carbocycles. The van der Waals surface area contributed by atoms with Crippen molar-refractivity contribution in [1.82, 2.24) is 25.4 Å². The zero-order chi connectivity index (χ0) is 13.7. The molecule has 19 heavy (non-hydrogen) atoms. The Bertz CT molecular complexity index is 420. The van der Waals surface area contributed by atoms with Crippen molar-refractivity contribution in [3.05, 3.63) is 12.2 Å². The number of carbonyl (C=O) groups excluding carboxylic acids is 1. The van der Waals surface area contributed by atoms with Crippen LogP contribution in [0.4, 0.5) is 0 Å². The van der Waals surface area contributed by atoms with Gasteiger partial charge < -0.3 is 15.4 Å². The summed E-state index contributed by atoms with van der Waals surface area (Å²) in [5, 5.41) is 10.3. The maximum absolute atomic E-state index is 12.1. The van der Waals surface area contributed by atoms with Crippen LogP contribution in [-0.4, -0.2) is 46.5 Å². The molecule has 1 fully saturated rings. The van der Waals surface area contributed by atoms with Crippen LogP contribution in [-0.2, 0) is 23.1 Å². The lowest BCUT2D eigenvalue weighted by Crippen LogP contribution is -2.44. The minimum absolute atomic E-state index is 0.00134. The summed E-state index contributed by atoms with van der Waals surface area (Å²) in [5.74, 6) is 0.488. The standard InChI is InChI=1S/C12H21N5O2/c1-3-4-13-10-7-19-6-9(10)12(18)14-5-11-15-8-17(2)16-11/h8-10,13H,3-7H2,1-2H3,(H,14,18). The van der Waals surface area contributed by atoms with Gasteiger partial charge in [-0.1, -0.05) is 6.92 Å². The first kappa shape index (κ1) is 14.0. The number of amides is 1. The Morgan fingerprint density at radius 1 is 1.58 bits per heavy atom. The van der Waals surface area contributed by atoms with Crippen molar-refractivity contribution in [2.45, 2.75) is 25.9 Å². The van der Waals surface area contributed by atoms with E-state index in [2.05, 4.69) is 27.6 Å². The molecule has 0 saturated carbocycles. The second-order valence-electron chi connectivity index (χ2n) is 4.76. The number of nitrogens with one attached hydrogen (secondary N) is 2. The molecule has 2 atom stereocenters. The number of aromatic nitrogens is 3. The van der Waals surface area contributed by atoms with Gasteiger partial charge in [0.1, 0.15) is 6.33 Å². The Kier molecular flexibility index (Phi) is 4.86. The van der Waals surface area contributed by atoms with Crippen LogP contribution >= 0.6 is 0 Å². The number of ether oxygens (including phenoxy) is 1. The van der Waals surface area contributed by atoms with E-state index in [0.29, 0.717) is 25.6 Å². The molecule has 2 heterocycles. The van der Waals surface area contributed by atoms with E-state index in [1.807, 2.05) is 0 Å². The van der Waals surface area contributed by atoms with E-state index in [4.69, 9.17) is 4.74 Å². The Balaban J connectivity index is 1.81. The fraction of sp³-hybridized carbons (Fsp3) is 0.750. The van der Waals surface area contributed by atoms with Gasteiger partial charge in [-0.15, -0.1) is 0 Å². The third kappa shape index (κ3) is 3.74. The Morgan fingerprint density at radius 3 is 3.11 bits per heavy atom. The SMILES string of the molecule is CCCNC1COCC1C(=O)NCc1ncn(C)n1. The van der Waals surface area contributed by atoms with Gasteiger partial charge in [0.05, 0.1) is 25.7 Å². The minimum atomic E-state index is -0.129. The van der Waals surface area contributed by atoms with Crippen molar-refractivity contribution in [2.24, 2.45) is 13.0 Å². The summed E-state index contributed by atoms with van der Waals surface area (Å²) in [7, 11) is 1.80. The summed E-state index contributed by atoms with van der Waals surface area (Å²) in [6, 6.07) is 0.108. The van der Waals surface area contributed by atoms with Crippen LogP contribution in [0, 0.1) is 5.92 Å². The van der Waals surface area contributed by atoms with Crippen molar-refractivity contribution in [3.8, 4) is 0 Å². The van der Waals surface area contributed by atoms with Crippen LogP contribution < -0.4 is 10.6 Å². The minimum Gasteiger partial charge on any atom is -0.379 e. The maximum atomic E-state index is 12.1. The quantitative estimate of drug-likeness (QED) is 0.722. The van der Waals surface area contributed by atoms with E-state index in [1.54, 1.807) is 18.1 Å². The highest BCUT2D eigenvalue weighted by molar-refractivity contribution is 5.79. The molecule has 1 amide bonds. The summed E-state index contributed by atoms with van der Waals surface area (Å²) in [6.45, 7) is 4.43. The smallest absolute Gasteiger partial charge is 0.227 e. The molecule has 7 heteroatoms. The van der Waals surface area contributed by atoms with Gasteiger partial charge in [-0.3, -0.25) is 9.48 Å². The number of aryl methyl sites for hydroxylation is 1. The molecule has 1 aliphatic rings. The number of rotatable bonds is 6. The fourth-order valence-electron chi connectivity index (χ4n) is 2.11. The van der Waals surface area contributed by atoms with Gasteiger partial charge >= 0.3 is 0 Å². The first-order chi connectivity index (χ1) is 9.20. The van der Waals surface area contributed by atoms with Gasteiger partial charge in [-0.2, -0.15) is 5.10 Å². The van der Waals surface area contributed by atoms with Crippen molar-refractivity contribution in [2.75, 3.05) is 19.8 Å². The molecule has 1 aliphatic heterocycles. The second kappa shape index (κ2) is 6.63. The summed E-state index contributed by atoms with van der Waals surface area (Å²) < 4.78 is 7.00. The van der Waals surface area contributed by atoms with Crippen LogP contribution in [0.15, 0.2) is 6.33 Å². The molecule has 1 aromatic heterocycles. The Morgan fingerprint density at radius 2 is 2.42 bits per heavy atom. The molecular formula is C12H21N5O2. The predicted molar refractivity (Wildman–Crippen MR) is 69.2 cm³/mol. The monoisotopic (exact) mass is 267 g/mol. The van der Waals surface area contributed by atoms with Crippen molar-refractivity contribution in [1.29, 1.82) is 0 Å². The highest BCUT2D eigenvalue weighted by Crippen LogP contribution is 2.14. The molecule has 0 bridgehead atoms. The second-order valence-corrected chi connectivity index (χ2v) is 4.76. The van der Waals surface area contributed by atoms with E-state index in [1.165, 1.54) is 0 Å². The average molecular weight is 267 g/mol. The van der Waals surface area contributed by atoms with Gasteiger partial charge in [0.15, 0.2) is 5.82 Å². The maximum Gasteiger partial charge on any atom is 0.227 e. The number of carbonyl (C=O) groups is 1. The van der Waals surface area contributed by atoms with Crippen LogP contribution in [0.5, 0.6) is 0 Å². The molecule has 2 rings (SSSR count). The van der Waals surface area contributed by atoms with Crippen molar-refractivity contribution < 1.29 is 9.53 Å². The molecule has 1 saturated heterocycles. The first-order valence-electron chi connectivity index (χ1n) is 6.64. The van der Waals surface area contributed by atoms with Gasteiger partial charge in [-0.05, 0) is 13.0 Å². The Hall–Kier alpha value is -1.47. The van der Waals surface area contributed by atoms with Gasteiger partial charge in [0.2, 0.25) is 5.91 Å². The van der Waals surface area contributed by atoms with E-state index in [-0.39, 0.29) is 17.9 Å². The largest absolute Gasteiger partial charge is 0.379 e. The van der Waals surface area contributed by atoms with Gasteiger partial charge in [0.25, 0.3) is 0 Å². The van der Waals surface area contributed by atoms with Crippen LogP contribution in [0.1, 0.15) is 19.2 Å². The van der Waals surface area contributed by atoms with Crippen LogP contribution in [0.25, 0.3) is 0 Å². The molecule has 1 aromatic rings.